The molecule has 0 aliphatic heterocycles. The van der Waals surface area contributed by atoms with Crippen LogP contribution in [0, 0.1) is 10.1 Å². The van der Waals surface area contributed by atoms with E-state index in [0.717, 1.165) is 6.92 Å². The fourth-order valence-corrected chi connectivity index (χ4v) is 4.21. The molecular weight excluding hydrogens is 452 g/mol. The highest BCUT2D eigenvalue weighted by Gasteiger charge is 2.26. The molecule has 2 atom stereocenters. The Morgan fingerprint density at radius 2 is 1.76 bits per heavy atom. The summed E-state index contributed by atoms with van der Waals surface area (Å²) in [6.07, 6.45) is 0.118. The third kappa shape index (κ3) is 7.10. The molecule has 0 aliphatic rings. The third-order valence-corrected chi connectivity index (χ3v) is 6.31. The molecule has 0 radical (unpaired) electrons. The predicted octanol–water partition coefficient (Wildman–Crippen LogP) is 1.13. The van der Waals surface area contributed by atoms with E-state index in [-0.39, 0.29) is 23.4 Å². The Labute approximate surface area is 190 Å². The standard InChI is InChI=1S/C21H24N4O7S/c1-13(16-7-9-17(10-8-16)25(29)30)20(21(22)28)23-19(27)11-6-15-4-3-5-18(12-15)33(31,32)24-14(2)26/h3-5,7-10,12-13,20H,6,11H2,1-2H3,(H2,22,28)(H,23,27)(H,24,26). The Bertz CT molecular complexity index is 1160. The summed E-state index contributed by atoms with van der Waals surface area (Å²) in [5.74, 6) is -2.52. The van der Waals surface area contributed by atoms with E-state index in [2.05, 4.69) is 5.32 Å². The average Bonchev–Trinajstić information content (AvgIpc) is 2.74. The number of sulfonamides is 1. The highest BCUT2D eigenvalue weighted by atomic mass is 32.2. The van der Waals surface area contributed by atoms with Gasteiger partial charge in [0, 0.05) is 31.4 Å². The smallest absolute Gasteiger partial charge is 0.269 e. The van der Waals surface area contributed by atoms with Crippen molar-refractivity contribution < 1.29 is 27.7 Å². The summed E-state index contributed by atoms with van der Waals surface area (Å²) in [7, 11) is -4.00. The number of rotatable bonds is 10. The Morgan fingerprint density at radius 1 is 1.12 bits per heavy atom. The molecule has 2 aromatic rings. The summed E-state index contributed by atoms with van der Waals surface area (Å²) >= 11 is 0. The molecule has 0 saturated heterocycles. The van der Waals surface area contributed by atoms with Crippen LogP contribution in [0.15, 0.2) is 53.4 Å². The van der Waals surface area contributed by atoms with Gasteiger partial charge in [0.25, 0.3) is 15.7 Å². The molecule has 0 aromatic heterocycles. The molecule has 12 heteroatoms. The number of hydrogen-bond donors (Lipinski definition) is 3. The number of primary amides is 1. The zero-order chi connectivity index (χ0) is 24.8. The van der Waals surface area contributed by atoms with E-state index in [9.17, 15) is 32.9 Å². The zero-order valence-electron chi connectivity index (χ0n) is 18.0. The Balaban J connectivity index is 2.06. The maximum absolute atomic E-state index is 12.5. The molecule has 0 heterocycles. The molecule has 33 heavy (non-hydrogen) atoms. The lowest BCUT2D eigenvalue weighted by Crippen LogP contribution is -2.47. The van der Waals surface area contributed by atoms with Gasteiger partial charge in [0.15, 0.2) is 0 Å². The number of nitro groups is 1. The molecule has 0 bridgehead atoms. The highest BCUT2D eigenvalue weighted by molar-refractivity contribution is 7.90. The van der Waals surface area contributed by atoms with Crippen molar-refractivity contribution in [1.29, 1.82) is 0 Å². The van der Waals surface area contributed by atoms with Crippen molar-refractivity contribution in [3.8, 4) is 0 Å². The number of aryl methyl sites for hydroxylation is 1. The topological polar surface area (TPSA) is 179 Å². The van der Waals surface area contributed by atoms with Gasteiger partial charge in [-0.15, -0.1) is 0 Å². The largest absolute Gasteiger partial charge is 0.368 e. The highest BCUT2D eigenvalue weighted by Crippen LogP contribution is 2.22. The van der Waals surface area contributed by atoms with Gasteiger partial charge < -0.3 is 11.1 Å². The third-order valence-electron chi connectivity index (χ3n) is 4.88. The number of benzene rings is 2. The molecular formula is C21H24N4O7S. The molecule has 3 amide bonds. The first-order valence-electron chi connectivity index (χ1n) is 9.86. The molecule has 0 spiro atoms. The molecule has 0 saturated carbocycles. The number of nitrogens with zero attached hydrogens (tertiary/aromatic N) is 1. The van der Waals surface area contributed by atoms with Crippen molar-refractivity contribution in [2.75, 3.05) is 0 Å². The second-order valence-electron chi connectivity index (χ2n) is 7.39. The number of non-ortho nitro benzene ring substituents is 1. The predicted molar refractivity (Wildman–Crippen MR) is 118 cm³/mol. The van der Waals surface area contributed by atoms with Gasteiger partial charge in [-0.3, -0.25) is 24.5 Å². The van der Waals surface area contributed by atoms with Crippen LogP contribution in [0.2, 0.25) is 0 Å². The van der Waals surface area contributed by atoms with Crippen LogP contribution in [-0.4, -0.2) is 37.1 Å². The van der Waals surface area contributed by atoms with Gasteiger partial charge >= 0.3 is 0 Å². The van der Waals surface area contributed by atoms with Gasteiger partial charge in [0.2, 0.25) is 17.7 Å². The van der Waals surface area contributed by atoms with E-state index in [1.54, 1.807) is 13.0 Å². The monoisotopic (exact) mass is 476 g/mol. The molecule has 176 valence electrons. The summed E-state index contributed by atoms with van der Waals surface area (Å²) in [5.41, 5.74) is 6.47. The van der Waals surface area contributed by atoms with Crippen molar-refractivity contribution in [2.24, 2.45) is 5.73 Å². The quantitative estimate of drug-likeness (QED) is 0.339. The molecule has 0 aliphatic carbocycles. The van der Waals surface area contributed by atoms with Crippen LogP contribution in [0.4, 0.5) is 5.69 Å². The molecule has 11 nitrogen and oxygen atoms in total. The summed E-state index contributed by atoms with van der Waals surface area (Å²) in [5, 5.41) is 13.4. The molecule has 0 fully saturated rings. The number of carbonyl (C=O) groups excluding carboxylic acids is 3. The maximum Gasteiger partial charge on any atom is 0.269 e. The first-order chi connectivity index (χ1) is 15.4. The minimum absolute atomic E-state index is 0.0552. The Morgan fingerprint density at radius 3 is 2.30 bits per heavy atom. The van der Waals surface area contributed by atoms with Crippen LogP contribution < -0.4 is 15.8 Å². The summed E-state index contributed by atoms with van der Waals surface area (Å²) in [6.45, 7) is 2.74. The van der Waals surface area contributed by atoms with E-state index in [1.165, 1.54) is 42.5 Å². The van der Waals surface area contributed by atoms with Crippen LogP contribution >= 0.6 is 0 Å². The number of hydrogen-bond acceptors (Lipinski definition) is 7. The van der Waals surface area contributed by atoms with Crippen molar-refractivity contribution >= 4 is 33.4 Å². The van der Waals surface area contributed by atoms with Crippen molar-refractivity contribution in [3.63, 3.8) is 0 Å². The first-order valence-corrected chi connectivity index (χ1v) is 11.3. The minimum Gasteiger partial charge on any atom is -0.368 e. The number of carbonyl (C=O) groups is 3. The van der Waals surface area contributed by atoms with E-state index >= 15 is 0 Å². The van der Waals surface area contributed by atoms with Gasteiger partial charge in [0.1, 0.15) is 6.04 Å². The lowest BCUT2D eigenvalue weighted by atomic mass is 9.92. The average molecular weight is 477 g/mol. The van der Waals surface area contributed by atoms with E-state index in [1.807, 2.05) is 4.72 Å². The van der Waals surface area contributed by atoms with E-state index < -0.39 is 44.6 Å². The van der Waals surface area contributed by atoms with Crippen LogP contribution in [0.5, 0.6) is 0 Å². The van der Waals surface area contributed by atoms with E-state index in [0.29, 0.717) is 11.1 Å². The molecule has 2 aromatic carbocycles. The number of nitrogens with one attached hydrogen (secondary N) is 2. The van der Waals surface area contributed by atoms with Gasteiger partial charge in [0.05, 0.1) is 9.82 Å². The maximum atomic E-state index is 12.5. The summed E-state index contributed by atoms with van der Waals surface area (Å²) in [4.78, 5) is 45.6. The second-order valence-corrected chi connectivity index (χ2v) is 9.08. The summed E-state index contributed by atoms with van der Waals surface area (Å²) in [6, 6.07) is 10.3. The van der Waals surface area contributed by atoms with Gasteiger partial charge in [-0.2, -0.15) is 0 Å². The Kier molecular flexibility index (Phi) is 8.24. The first kappa shape index (κ1) is 25.5. The SMILES string of the molecule is CC(=O)NS(=O)(=O)c1cccc(CCC(=O)NC(C(N)=O)C(C)c2ccc([N+](=O)[O-])cc2)c1. The summed E-state index contributed by atoms with van der Waals surface area (Å²) < 4.78 is 26.1. The number of nitrogens with two attached hydrogens (primary N) is 1. The van der Waals surface area contributed by atoms with E-state index in [4.69, 9.17) is 5.73 Å². The van der Waals surface area contributed by atoms with Crippen molar-refractivity contribution in [3.05, 3.63) is 69.8 Å². The molecule has 4 N–H and O–H groups in total. The normalized spacial score (nSPS) is 12.9. The Hall–Kier alpha value is -3.80. The lowest BCUT2D eigenvalue weighted by Gasteiger charge is -2.22. The number of amides is 3. The fourth-order valence-electron chi connectivity index (χ4n) is 3.15. The minimum atomic E-state index is -4.00. The van der Waals surface area contributed by atoms with Crippen molar-refractivity contribution in [2.45, 2.75) is 43.5 Å². The number of nitro benzene ring substituents is 1. The van der Waals surface area contributed by atoms with Crippen LogP contribution in [0.1, 0.15) is 37.3 Å². The lowest BCUT2D eigenvalue weighted by molar-refractivity contribution is -0.384. The van der Waals surface area contributed by atoms with Crippen LogP contribution in [-0.2, 0) is 30.8 Å². The van der Waals surface area contributed by atoms with Gasteiger partial charge in [-0.1, -0.05) is 31.2 Å². The molecule has 2 rings (SSSR count). The zero-order valence-corrected chi connectivity index (χ0v) is 18.8. The van der Waals surface area contributed by atoms with Crippen LogP contribution in [0.25, 0.3) is 0 Å². The van der Waals surface area contributed by atoms with Crippen molar-refractivity contribution in [1.82, 2.24) is 10.0 Å². The van der Waals surface area contributed by atoms with Gasteiger partial charge in [-0.05, 0) is 29.7 Å². The van der Waals surface area contributed by atoms with Crippen LogP contribution in [0.3, 0.4) is 0 Å². The second kappa shape index (κ2) is 10.7. The molecule has 2 unspecified atom stereocenters. The fraction of sp³-hybridized carbons (Fsp3) is 0.286. The van der Waals surface area contributed by atoms with Gasteiger partial charge in [-0.25, -0.2) is 13.1 Å².